The van der Waals surface area contributed by atoms with Gasteiger partial charge < -0.3 is 40.6 Å². The zero-order valence-electron chi connectivity index (χ0n) is 29.5. The van der Waals surface area contributed by atoms with E-state index in [9.17, 15) is 29.4 Å². The molecule has 2 aromatic heterocycles. The zero-order chi connectivity index (χ0) is 38.6. The lowest BCUT2D eigenvalue weighted by molar-refractivity contribution is 0.0684. The Morgan fingerprint density at radius 1 is 0.648 bits per heavy atom. The second kappa shape index (κ2) is 15.1. The minimum atomic E-state index is -1.32. The summed E-state index contributed by atoms with van der Waals surface area (Å²) in [4.78, 5) is 51.8. The lowest BCUT2D eigenvalue weighted by Gasteiger charge is -2.27. The summed E-state index contributed by atoms with van der Waals surface area (Å²) in [6.07, 6.45) is 11.6. The molecule has 4 aliphatic rings. The molecule has 0 radical (unpaired) electrons. The van der Waals surface area contributed by atoms with Gasteiger partial charge in [-0.3, -0.25) is 9.59 Å². The summed E-state index contributed by atoms with van der Waals surface area (Å²) in [6.45, 7) is 2.25. The largest absolute Gasteiger partial charge is 0.477 e. The van der Waals surface area contributed by atoms with Crippen molar-refractivity contribution in [2.75, 3.05) is 36.0 Å². The van der Waals surface area contributed by atoms with Gasteiger partial charge in [0.2, 0.25) is 10.9 Å². The highest BCUT2D eigenvalue weighted by Gasteiger charge is 2.33. The first kappa shape index (κ1) is 38.1. The van der Waals surface area contributed by atoms with Crippen LogP contribution in [0.1, 0.15) is 97.0 Å². The van der Waals surface area contributed by atoms with Gasteiger partial charge in [0.05, 0.1) is 43.2 Å². The molecule has 54 heavy (non-hydrogen) atoms. The van der Waals surface area contributed by atoms with Crippen molar-refractivity contribution in [2.45, 2.75) is 88.4 Å². The van der Waals surface area contributed by atoms with Crippen LogP contribution in [0.3, 0.4) is 0 Å². The first-order valence-corrected chi connectivity index (χ1v) is 19.1. The van der Waals surface area contributed by atoms with Crippen molar-refractivity contribution < 1.29 is 28.6 Å². The van der Waals surface area contributed by atoms with Gasteiger partial charge >= 0.3 is 11.9 Å². The maximum atomic E-state index is 15.0. The maximum Gasteiger partial charge on any atom is 0.341 e. The monoisotopic (exact) mass is 786 g/mol. The lowest BCUT2D eigenvalue weighted by atomic mass is 10.1. The number of aromatic carboxylic acids is 2. The fraction of sp³-hybridized carbons (Fsp3) is 0.474. The molecule has 6 N–H and O–H groups in total. The molecule has 8 rings (SSSR count). The Morgan fingerprint density at radius 2 is 1.02 bits per heavy atom. The van der Waals surface area contributed by atoms with Crippen LogP contribution in [0.4, 0.5) is 20.2 Å². The molecule has 4 heterocycles. The molecule has 4 aromatic rings. The number of nitrogens with zero attached hydrogens (tertiary/aromatic N) is 4. The molecule has 288 valence electrons. The number of rotatable bonds is 6. The molecule has 2 saturated carbocycles. The summed E-state index contributed by atoms with van der Waals surface area (Å²) in [5.74, 6) is -3.89. The quantitative estimate of drug-likeness (QED) is 0.174. The average molecular weight is 788 g/mol. The first-order valence-electron chi connectivity index (χ1n) is 18.4. The fourth-order valence-corrected chi connectivity index (χ4v) is 8.60. The van der Waals surface area contributed by atoms with Crippen LogP contribution in [-0.2, 0) is 0 Å². The number of hydrogen-bond donors (Lipinski definition) is 4. The molecule has 2 aliphatic carbocycles. The molecule has 16 heteroatoms. The Bertz CT molecular complexity index is 2130. The summed E-state index contributed by atoms with van der Waals surface area (Å²) in [7, 11) is 0. The second-order valence-electron chi connectivity index (χ2n) is 14.9. The molecule has 0 unspecified atom stereocenters. The Labute approximate surface area is 318 Å². The van der Waals surface area contributed by atoms with E-state index in [1.54, 1.807) is 9.13 Å². The maximum absolute atomic E-state index is 15.0. The lowest BCUT2D eigenvalue weighted by Crippen LogP contribution is -2.36. The topological polar surface area (TPSA) is 177 Å². The molecular formula is C38H42Cl2F2N6O6. The molecule has 2 saturated heterocycles. The Hall–Kier alpha value is -4.24. The number of nitrogens with two attached hydrogens (primary N) is 2. The summed E-state index contributed by atoms with van der Waals surface area (Å²) in [5, 5.41) is 19.0. The van der Waals surface area contributed by atoms with Crippen LogP contribution >= 0.6 is 23.2 Å². The summed E-state index contributed by atoms with van der Waals surface area (Å²) < 4.78 is 33.5. The van der Waals surface area contributed by atoms with E-state index >= 15 is 8.78 Å². The number of carbonyl (C=O) groups is 2. The molecular weight excluding hydrogens is 745 g/mol. The van der Waals surface area contributed by atoms with E-state index in [2.05, 4.69) is 0 Å². The number of anilines is 2. The number of fused-ring (bicyclic) bond motifs is 2. The molecule has 12 nitrogen and oxygen atoms in total. The summed E-state index contributed by atoms with van der Waals surface area (Å²) in [5.41, 5.74) is 11.4. The highest BCUT2D eigenvalue weighted by Crippen LogP contribution is 2.44. The number of halogens is 4. The van der Waals surface area contributed by atoms with E-state index in [1.807, 2.05) is 9.80 Å². The molecule has 2 aliphatic heterocycles. The van der Waals surface area contributed by atoms with Gasteiger partial charge in [-0.25, -0.2) is 18.4 Å². The van der Waals surface area contributed by atoms with Crippen molar-refractivity contribution in [2.24, 2.45) is 11.5 Å². The standard InChI is InChI=1S/2C19H21ClFN3O3/c2*20-15-16-12(18(25)13(19(26)27)9-24(16)11-4-5-11)7-14(21)17(15)23-6-2-1-3-10(22)8-23/h2*7,9-11H,1-6,8,22H2,(H,26,27)/t2*10-/m11/s1. The molecule has 0 amide bonds. The molecule has 0 spiro atoms. The van der Waals surface area contributed by atoms with E-state index in [4.69, 9.17) is 34.7 Å². The number of carboxylic acids is 2. The van der Waals surface area contributed by atoms with Gasteiger partial charge in [0.25, 0.3) is 0 Å². The SMILES string of the molecule is N[C@@H]1CCCCN(c2c(F)cc3c(=O)c(C(=O)O)cn(C4CC4)c3c2Cl)C1.N[C@@H]1CCCCN(c2c(F)cc3c(=O)c(C(=O)O)cn(C4CC4)c3c2Cl)C1. The van der Waals surface area contributed by atoms with Crippen molar-refractivity contribution in [3.8, 4) is 0 Å². The number of hydrogen-bond acceptors (Lipinski definition) is 8. The predicted molar refractivity (Wildman–Crippen MR) is 205 cm³/mol. The van der Waals surface area contributed by atoms with Gasteiger partial charge in [0, 0.05) is 62.7 Å². The predicted octanol–water partition coefficient (Wildman–Crippen LogP) is 6.29. The number of aromatic nitrogens is 2. The van der Waals surface area contributed by atoms with Crippen LogP contribution in [0.25, 0.3) is 21.8 Å². The van der Waals surface area contributed by atoms with E-state index in [1.165, 1.54) is 12.4 Å². The van der Waals surface area contributed by atoms with E-state index in [0.717, 1.165) is 76.3 Å². The van der Waals surface area contributed by atoms with Gasteiger partial charge in [-0.15, -0.1) is 0 Å². The number of pyridine rings is 2. The van der Waals surface area contributed by atoms with Crippen molar-refractivity contribution >= 4 is 68.3 Å². The molecule has 2 atom stereocenters. The van der Waals surface area contributed by atoms with Crippen molar-refractivity contribution in [1.82, 2.24) is 9.13 Å². The third-order valence-electron chi connectivity index (χ3n) is 10.8. The van der Waals surface area contributed by atoms with Gasteiger partial charge in [-0.1, -0.05) is 36.0 Å². The first-order chi connectivity index (χ1) is 25.8. The van der Waals surface area contributed by atoms with Crippen molar-refractivity contribution in [3.63, 3.8) is 0 Å². The second-order valence-corrected chi connectivity index (χ2v) is 15.6. The Kier molecular flexibility index (Phi) is 10.7. The molecule has 2 aromatic carbocycles. The highest BCUT2D eigenvalue weighted by atomic mass is 35.5. The highest BCUT2D eigenvalue weighted by molar-refractivity contribution is 6.38. The van der Waals surface area contributed by atoms with Gasteiger partial charge in [-0.2, -0.15) is 0 Å². The number of carboxylic acid groups (broad SMARTS) is 2. The minimum Gasteiger partial charge on any atom is -0.477 e. The zero-order valence-corrected chi connectivity index (χ0v) is 31.0. The van der Waals surface area contributed by atoms with Crippen LogP contribution < -0.4 is 32.1 Å². The van der Waals surface area contributed by atoms with Gasteiger partial charge in [0.15, 0.2) is 0 Å². The Morgan fingerprint density at radius 3 is 1.35 bits per heavy atom. The van der Waals surface area contributed by atoms with Crippen molar-refractivity contribution in [1.29, 1.82) is 0 Å². The van der Waals surface area contributed by atoms with E-state index in [-0.39, 0.29) is 67.5 Å². The average Bonchev–Trinajstić information content (AvgIpc) is 4.00. The smallest absolute Gasteiger partial charge is 0.341 e. The van der Waals surface area contributed by atoms with Crippen LogP contribution in [0.2, 0.25) is 10.0 Å². The summed E-state index contributed by atoms with van der Waals surface area (Å²) in [6, 6.07) is 2.26. The van der Waals surface area contributed by atoms with Gasteiger partial charge in [-0.05, 0) is 63.5 Å². The van der Waals surface area contributed by atoms with Crippen molar-refractivity contribution in [3.05, 3.63) is 77.8 Å². The Balaban J connectivity index is 0.000000167. The van der Waals surface area contributed by atoms with E-state index < -0.39 is 34.4 Å². The van der Waals surface area contributed by atoms with Crippen LogP contribution in [0.15, 0.2) is 34.1 Å². The summed E-state index contributed by atoms with van der Waals surface area (Å²) >= 11 is 13.3. The molecule has 0 bridgehead atoms. The van der Waals surface area contributed by atoms with Crippen LogP contribution in [0.5, 0.6) is 0 Å². The van der Waals surface area contributed by atoms with Crippen LogP contribution in [-0.4, -0.2) is 69.5 Å². The molecule has 4 fully saturated rings. The third-order valence-corrected chi connectivity index (χ3v) is 11.5. The van der Waals surface area contributed by atoms with Crippen LogP contribution in [0, 0.1) is 11.6 Å². The minimum absolute atomic E-state index is 0.00664. The van der Waals surface area contributed by atoms with E-state index in [0.29, 0.717) is 37.2 Å². The number of benzene rings is 2. The fourth-order valence-electron chi connectivity index (χ4n) is 7.78. The van der Waals surface area contributed by atoms with Gasteiger partial charge in [0.1, 0.15) is 22.8 Å². The third kappa shape index (κ3) is 7.28. The normalized spacial score (nSPS) is 20.7.